The van der Waals surface area contributed by atoms with E-state index in [4.69, 9.17) is 14.2 Å². The molecule has 0 fully saturated rings. The maximum absolute atomic E-state index is 13.2. The summed E-state index contributed by atoms with van der Waals surface area (Å²) < 4.78 is 62.5. The number of methoxy groups -OCH3 is 3. The van der Waals surface area contributed by atoms with Crippen molar-refractivity contribution in [2.24, 2.45) is 0 Å². The Kier molecular flexibility index (Phi) is 19.7. The Morgan fingerprint density at radius 1 is 0.453 bits per heavy atom. The zero-order valence-electron chi connectivity index (χ0n) is 46.0. The predicted molar refractivity (Wildman–Crippen MR) is 294 cm³/mol. The van der Waals surface area contributed by atoms with Crippen LogP contribution in [0.15, 0.2) is 54.6 Å². The highest BCUT2D eigenvalue weighted by Gasteiger charge is 2.38. The molecule has 0 N–H and O–H groups in total. The highest BCUT2D eigenvalue weighted by atomic mass is 19.1. The molecule has 12 nitrogen and oxygen atoms in total. The summed E-state index contributed by atoms with van der Waals surface area (Å²) in [7, 11) is 4.95. The van der Waals surface area contributed by atoms with E-state index < -0.39 is 20.0 Å². The number of likely N-dealkylation sites (N-methyl/N-ethyl adjacent to an activating group) is 3. The Labute approximate surface area is 442 Å². The molecule has 2 unspecified atom stereocenters. The van der Waals surface area contributed by atoms with Gasteiger partial charge in [-0.3, -0.25) is 14.4 Å². The lowest BCUT2D eigenvalue weighted by molar-refractivity contribution is -0.133. The third-order valence-corrected chi connectivity index (χ3v) is 16.1. The van der Waals surface area contributed by atoms with Crippen LogP contribution in [0.1, 0.15) is 132 Å². The monoisotopic (exact) mass is 1040 g/mol. The van der Waals surface area contributed by atoms with Gasteiger partial charge in [0.15, 0.2) is 0 Å². The van der Waals surface area contributed by atoms with Gasteiger partial charge in [0.25, 0.3) is 0 Å². The van der Waals surface area contributed by atoms with Crippen molar-refractivity contribution in [1.82, 2.24) is 28.4 Å². The zero-order chi connectivity index (χ0) is 53.9. The van der Waals surface area contributed by atoms with Crippen LogP contribution in [0.4, 0.5) is 13.2 Å². The van der Waals surface area contributed by atoms with Gasteiger partial charge in [0.1, 0.15) is 37.3 Å². The fourth-order valence-corrected chi connectivity index (χ4v) is 12.7. The van der Waals surface area contributed by atoms with Crippen LogP contribution in [0.5, 0.6) is 17.2 Å². The van der Waals surface area contributed by atoms with E-state index in [9.17, 15) is 27.6 Å². The molecule has 3 amide bonds. The van der Waals surface area contributed by atoms with Gasteiger partial charge in [0, 0.05) is 72.5 Å². The molecule has 9 rings (SSSR count). The number of carbonyl (C=O) groups is 3. The van der Waals surface area contributed by atoms with Crippen LogP contribution in [-0.4, -0.2) is 127 Å². The molecule has 6 aromatic rings. The number of nitrogens with zero attached hydrogens (tertiary/aromatic N) is 6. The molecule has 408 valence electrons. The van der Waals surface area contributed by atoms with Crippen molar-refractivity contribution in [3.8, 4) is 17.2 Å². The first-order valence-corrected chi connectivity index (χ1v) is 27.6. The molecule has 3 atom stereocenters. The number of hydrogen-bond acceptors (Lipinski definition) is 6. The fourth-order valence-electron chi connectivity index (χ4n) is 12.7. The van der Waals surface area contributed by atoms with Crippen LogP contribution in [-0.2, 0) is 53.3 Å². The maximum Gasteiger partial charge on any atom is 0.230 e. The number of aryl methyl sites for hydroxylation is 3. The van der Waals surface area contributed by atoms with Crippen molar-refractivity contribution in [2.45, 2.75) is 137 Å². The molecule has 3 heterocycles. The molecular formula is C60H81F3N6O6. The zero-order valence-corrected chi connectivity index (χ0v) is 46.0. The van der Waals surface area contributed by atoms with Crippen molar-refractivity contribution in [3.05, 3.63) is 88.4 Å². The normalized spacial score (nSPS) is 16.7. The first kappa shape index (κ1) is 56.6. The lowest BCUT2D eigenvalue weighted by atomic mass is 9.84. The summed E-state index contributed by atoms with van der Waals surface area (Å²) in [6.45, 7) is 16.1. The van der Waals surface area contributed by atoms with Crippen LogP contribution < -0.4 is 14.2 Å². The molecule has 3 aromatic carbocycles. The van der Waals surface area contributed by atoms with Gasteiger partial charge < -0.3 is 42.6 Å². The van der Waals surface area contributed by atoms with Crippen LogP contribution in [0.3, 0.4) is 0 Å². The molecule has 3 aliphatic carbocycles. The van der Waals surface area contributed by atoms with E-state index in [0.717, 1.165) is 142 Å². The Balaban J connectivity index is 0.000000164. The first-order valence-electron chi connectivity index (χ1n) is 27.6. The van der Waals surface area contributed by atoms with Crippen molar-refractivity contribution in [3.63, 3.8) is 0 Å². The van der Waals surface area contributed by atoms with Gasteiger partial charge in [-0.25, -0.2) is 13.2 Å². The highest BCUT2D eigenvalue weighted by molar-refractivity contribution is 6.00. The standard InChI is InChI=1S/3C20H27FN2O2/c3*1-4-22(5-2)20(24)14-8-6-9-15-18(14)19-16(23(15)13-12-21)10-7-11-17(19)25-3/h3*7,10-11,14H,4-6,8-9,12-13H2,1-3H3/t14-;;/m0../s1. The van der Waals surface area contributed by atoms with Crippen LogP contribution in [0.25, 0.3) is 32.7 Å². The summed E-state index contributed by atoms with van der Waals surface area (Å²) in [5, 5.41) is 2.95. The lowest BCUT2D eigenvalue weighted by Gasteiger charge is -2.29. The molecule has 0 radical (unpaired) electrons. The molecule has 0 saturated heterocycles. The van der Waals surface area contributed by atoms with Crippen molar-refractivity contribution in [1.29, 1.82) is 0 Å². The highest BCUT2D eigenvalue weighted by Crippen LogP contribution is 2.47. The summed E-state index contributed by atoms with van der Waals surface area (Å²) in [4.78, 5) is 45.1. The van der Waals surface area contributed by atoms with E-state index in [1.54, 1.807) is 21.3 Å². The second-order valence-electron chi connectivity index (χ2n) is 19.5. The summed E-state index contributed by atoms with van der Waals surface area (Å²) in [6, 6.07) is 17.6. The molecule has 0 aliphatic heterocycles. The van der Waals surface area contributed by atoms with Crippen LogP contribution >= 0.6 is 0 Å². The van der Waals surface area contributed by atoms with E-state index in [1.807, 2.05) is 111 Å². The molecular weight excluding hydrogens is 958 g/mol. The smallest absolute Gasteiger partial charge is 0.230 e. The minimum absolute atomic E-state index is 0.164. The van der Waals surface area contributed by atoms with E-state index in [1.165, 1.54) is 0 Å². The van der Waals surface area contributed by atoms with Gasteiger partial charge in [-0.15, -0.1) is 0 Å². The largest absolute Gasteiger partial charge is 0.496 e. The van der Waals surface area contributed by atoms with E-state index in [0.29, 0.717) is 58.9 Å². The molecule has 0 spiro atoms. The number of carbonyl (C=O) groups excluding carboxylic acids is 3. The number of amides is 3. The molecule has 75 heavy (non-hydrogen) atoms. The number of halogens is 3. The molecule has 3 aliphatic rings. The summed E-state index contributed by atoms with van der Waals surface area (Å²) >= 11 is 0. The van der Waals surface area contributed by atoms with Crippen LogP contribution in [0.2, 0.25) is 0 Å². The summed E-state index contributed by atoms with van der Waals surface area (Å²) in [5.74, 6) is 2.35. The topological polar surface area (TPSA) is 103 Å². The SMILES string of the molecule is CCN(CC)C(=O)C1CCCc2c1c1c(OC)cccc1n2CCF.CCN(CC)C(=O)C1CCCc2c1c1c(OC)cccc1n2CCF.CCN(CC)C(=O)[C@H]1CCCc2c1c1c(OC)cccc1n2CCF. The van der Waals surface area contributed by atoms with Crippen LogP contribution in [0, 0.1) is 0 Å². The van der Waals surface area contributed by atoms with E-state index in [2.05, 4.69) is 13.7 Å². The minimum atomic E-state index is -0.415. The number of benzene rings is 3. The van der Waals surface area contributed by atoms with Crippen molar-refractivity contribution < 1.29 is 41.8 Å². The average Bonchev–Trinajstić information content (AvgIpc) is 4.08. The van der Waals surface area contributed by atoms with Gasteiger partial charge >= 0.3 is 0 Å². The van der Waals surface area contributed by atoms with Gasteiger partial charge in [-0.2, -0.15) is 0 Å². The number of fused-ring (bicyclic) bond motifs is 9. The molecule has 3 aromatic heterocycles. The maximum atomic E-state index is 13.2. The Hall–Kier alpha value is -6.12. The average molecular weight is 1040 g/mol. The van der Waals surface area contributed by atoms with E-state index in [-0.39, 0.29) is 35.5 Å². The second-order valence-corrected chi connectivity index (χ2v) is 19.5. The van der Waals surface area contributed by atoms with Gasteiger partial charge in [-0.05, 0) is 152 Å². The quantitative estimate of drug-likeness (QED) is 0.0849. The number of hydrogen-bond donors (Lipinski definition) is 0. The van der Waals surface area contributed by atoms with Crippen molar-refractivity contribution >= 4 is 50.4 Å². The number of ether oxygens (including phenoxy) is 3. The third-order valence-electron chi connectivity index (χ3n) is 16.1. The van der Waals surface area contributed by atoms with Crippen molar-refractivity contribution in [2.75, 3.05) is 80.6 Å². The minimum Gasteiger partial charge on any atom is -0.496 e. The van der Waals surface area contributed by atoms with E-state index >= 15 is 0 Å². The van der Waals surface area contributed by atoms with Gasteiger partial charge in [0.05, 0.1) is 75.3 Å². The van der Waals surface area contributed by atoms with Gasteiger partial charge in [-0.1, -0.05) is 18.2 Å². The first-order chi connectivity index (χ1) is 36.5. The molecule has 0 bridgehead atoms. The number of alkyl halides is 3. The fraction of sp³-hybridized carbons (Fsp3) is 0.550. The Morgan fingerprint density at radius 2 is 0.707 bits per heavy atom. The predicted octanol–water partition coefficient (Wildman–Crippen LogP) is 11.7. The Bertz CT molecular complexity index is 2600. The molecule has 15 heteroatoms. The number of aromatic nitrogens is 3. The van der Waals surface area contributed by atoms with Gasteiger partial charge in [0.2, 0.25) is 17.7 Å². The summed E-state index contributed by atoms with van der Waals surface area (Å²) in [6.07, 6.45) is 8.04. The molecule has 0 saturated carbocycles. The second kappa shape index (κ2) is 26.1. The summed E-state index contributed by atoms with van der Waals surface area (Å²) in [5.41, 5.74) is 9.41. The third kappa shape index (κ3) is 10.8. The number of rotatable bonds is 18. The lowest BCUT2D eigenvalue weighted by Crippen LogP contribution is -2.36. The Morgan fingerprint density at radius 3 is 0.920 bits per heavy atom.